The third-order valence-electron chi connectivity index (χ3n) is 4.77. The molecule has 0 bridgehead atoms. The Morgan fingerprint density at radius 3 is 2.58 bits per heavy atom. The number of nitrogens with one attached hydrogen (secondary N) is 1. The molecule has 26 heavy (non-hydrogen) atoms. The maximum absolute atomic E-state index is 12.6. The number of para-hydroxylation sites is 1. The lowest BCUT2D eigenvalue weighted by Gasteiger charge is -2.32. The van der Waals surface area contributed by atoms with Gasteiger partial charge in [0, 0.05) is 25.7 Å². The molecule has 4 nitrogen and oxygen atoms in total. The molecule has 0 aliphatic carbocycles. The summed E-state index contributed by atoms with van der Waals surface area (Å²) in [6.07, 6.45) is 1.89. The second-order valence-corrected chi connectivity index (χ2v) is 7.02. The van der Waals surface area contributed by atoms with E-state index in [9.17, 15) is 4.79 Å². The molecule has 138 valence electrons. The zero-order valence-electron chi connectivity index (χ0n) is 15.1. The van der Waals surface area contributed by atoms with Crippen LogP contribution in [0.25, 0.3) is 0 Å². The number of benzene rings is 2. The zero-order chi connectivity index (χ0) is 18.4. The fraction of sp³-hybridized carbons (Fsp3) is 0.381. The summed E-state index contributed by atoms with van der Waals surface area (Å²) in [5.74, 6) is 0.964. The summed E-state index contributed by atoms with van der Waals surface area (Å²) in [5.41, 5.74) is 1.74. The van der Waals surface area contributed by atoms with E-state index in [2.05, 4.69) is 18.3 Å². The van der Waals surface area contributed by atoms with Gasteiger partial charge in [0.25, 0.3) is 5.91 Å². The van der Waals surface area contributed by atoms with Crippen LogP contribution in [0, 0.1) is 6.92 Å². The second kappa shape index (κ2) is 9.06. The molecule has 1 N–H and O–H groups in total. The molecule has 0 radical (unpaired) electrons. The Labute approximate surface area is 160 Å². The third kappa shape index (κ3) is 4.77. The summed E-state index contributed by atoms with van der Waals surface area (Å²) in [4.78, 5) is 14.5. The van der Waals surface area contributed by atoms with Crippen molar-refractivity contribution in [2.75, 3.05) is 26.2 Å². The van der Waals surface area contributed by atoms with Gasteiger partial charge in [0.2, 0.25) is 0 Å². The average Bonchev–Trinajstić information content (AvgIpc) is 2.67. The van der Waals surface area contributed by atoms with Crippen molar-refractivity contribution in [3.63, 3.8) is 0 Å². The first-order valence-corrected chi connectivity index (χ1v) is 9.48. The Hall–Kier alpha value is -2.04. The van der Waals surface area contributed by atoms with Crippen molar-refractivity contribution in [1.82, 2.24) is 10.2 Å². The summed E-state index contributed by atoms with van der Waals surface area (Å²) in [6, 6.07) is 15.7. The SMILES string of the molecule is Cc1ccccc1OCCNC1CCN(C(=O)c2ccccc2Cl)CC1. The summed E-state index contributed by atoms with van der Waals surface area (Å²) in [5, 5.41) is 4.05. The minimum absolute atomic E-state index is 0.0249. The van der Waals surface area contributed by atoms with Crippen molar-refractivity contribution in [3.05, 3.63) is 64.7 Å². The van der Waals surface area contributed by atoms with E-state index in [1.165, 1.54) is 0 Å². The van der Waals surface area contributed by atoms with Crippen LogP contribution in [0.3, 0.4) is 0 Å². The van der Waals surface area contributed by atoms with Gasteiger partial charge in [0.15, 0.2) is 0 Å². The van der Waals surface area contributed by atoms with Crippen LogP contribution in [-0.2, 0) is 0 Å². The normalized spacial score (nSPS) is 15.1. The van der Waals surface area contributed by atoms with Crippen LogP contribution in [0.1, 0.15) is 28.8 Å². The summed E-state index contributed by atoms with van der Waals surface area (Å²) in [7, 11) is 0. The van der Waals surface area contributed by atoms with Gasteiger partial charge in [0.1, 0.15) is 12.4 Å². The molecule has 1 saturated heterocycles. The number of hydrogen-bond donors (Lipinski definition) is 1. The number of nitrogens with zero attached hydrogens (tertiary/aromatic N) is 1. The molecule has 0 unspecified atom stereocenters. The Morgan fingerprint density at radius 1 is 1.15 bits per heavy atom. The summed E-state index contributed by atoms with van der Waals surface area (Å²) in [6.45, 7) is 5.00. The highest BCUT2D eigenvalue weighted by atomic mass is 35.5. The standard InChI is InChI=1S/C21H25ClN2O2/c1-16-6-2-5-9-20(16)26-15-12-23-17-10-13-24(14-11-17)21(25)18-7-3-4-8-19(18)22/h2-9,17,23H,10-15H2,1H3. The number of aryl methyl sites for hydroxylation is 1. The Kier molecular flexibility index (Phi) is 6.53. The molecular weight excluding hydrogens is 348 g/mol. The van der Waals surface area contributed by atoms with E-state index in [0.717, 1.165) is 43.8 Å². The highest BCUT2D eigenvalue weighted by Gasteiger charge is 2.24. The molecule has 1 fully saturated rings. The van der Waals surface area contributed by atoms with Gasteiger partial charge in [-0.05, 0) is 43.5 Å². The van der Waals surface area contributed by atoms with Crippen molar-refractivity contribution < 1.29 is 9.53 Å². The van der Waals surface area contributed by atoms with Crippen LogP contribution >= 0.6 is 11.6 Å². The number of hydrogen-bond acceptors (Lipinski definition) is 3. The summed E-state index contributed by atoms with van der Waals surface area (Å²) >= 11 is 6.14. The van der Waals surface area contributed by atoms with E-state index in [0.29, 0.717) is 23.2 Å². The number of amides is 1. The number of carbonyl (C=O) groups excluding carboxylic acids is 1. The summed E-state index contributed by atoms with van der Waals surface area (Å²) < 4.78 is 5.82. The lowest BCUT2D eigenvalue weighted by atomic mass is 10.0. The van der Waals surface area contributed by atoms with Crippen molar-refractivity contribution >= 4 is 17.5 Å². The van der Waals surface area contributed by atoms with Gasteiger partial charge in [-0.2, -0.15) is 0 Å². The molecule has 0 saturated carbocycles. The van der Waals surface area contributed by atoms with Crippen molar-refractivity contribution in [1.29, 1.82) is 0 Å². The minimum Gasteiger partial charge on any atom is -0.492 e. The average molecular weight is 373 g/mol. The fourth-order valence-corrected chi connectivity index (χ4v) is 3.45. The molecule has 3 rings (SSSR count). The first-order valence-electron chi connectivity index (χ1n) is 9.11. The third-order valence-corrected chi connectivity index (χ3v) is 5.10. The quantitative estimate of drug-likeness (QED) is 0.781. The zero-order valence-corrected chi connectivity index (χ0v) is 15.8. The van der Waals surface area contributed by atoms with Crippen LogP contribution in [0.15, 0.2) is 48.5 Å². The van der Waals surface area contributed by atoms with Crippen molar-refractivity contribution in [2.45, 2.75) is 25.8 Å². The van der Waals surface area contributed by atoms with Gasteiger partial charge in [-0.25, -0.2) is 0 Å². The number of halogens is 1. The maximum atomic E-state index is 12.6. The molecule has 1 heterocycles. The topological polar surface area (TPSA) is 41.6 Å². The highest BCUT2D eigenvalue weighted by Crippen LogP contribution is 2.20. The maximum Gasteiger partial charge on any atom is 0.255 e. The molecule has 2 aromatic rings. The molecule has 1 amide bonds. The van der Waals surface area contributed by atoms with E-state index in [-0.39, 0.29) is 5.91 Å². The molecule has 1 aliphatic heterocycles. The van der Waals surface area contributed by atoms with Crippen LogP contribution in [0.2, 0.25) is 5.02 Å². The van der Waals surface area contributed by atoms with E-state index < -0.39 is 0 Å². The van der Waals surface area contributed by atoms with E-state index in [1.807, 2.05) is 35.2 Å². The van der Waals surface area contributed by atoms with Crippen molar-refractivity contribution in [2.24, 2.45) is 0 Å². The second-order valence-electron chi connectivity index (χ2n) is 6.61. The van der Waals surface area contributed by atoms with Gasteiger partial charge in [-0.15, -0.1) is 0 Å². The molecule has 1 aliphatic rings. The molecular formula is C21H25ClN2O2. The largest absolute Gasteiger partial charge is 0.492 e. The lowest BCUT2D eigenvalue weighted by molar-refractivity contribution is 0.0704. The van der Waals surface area contributed by atoms with Crippen LogP contribution in [0.5, 0.6) is 5.75 Å². The molecule has 0 spiro atoms. The fourth-order valence-electron chi connectivity index (χ4n) is 3.23. The van der Waals surface area contributed by atoms with Gasteiger partial charge in [-0.1, -0.05) is 41.9 Å². The monoisotopic (exact) mass is 372 g/mol. The number of carbonyl (C=O) groups is 1. The van der Waals surface area contributed by atoms with Crippen LogP contribution in [-0.4, -0.2) is 43.1 Å². The minimum atomic E-state index is 0.0249. The number of likely N-dealkylation sites (tertiary alicyclic amines) is 1. The number of piperidine rings is 1. The first kappa shape index (κ1) is 18.7. The van der Waals surface area contributed by atoms with Crippen molar-refractivity contribution in [3.8, 4) is 5.75 Å². The van der Waals surface area contributed by atoms with Crippen LogP contribution < -0.4 is 10.1 Å². The Morgan fingerprint density at radius 2 is 1.85 bits per heavy atom. The molecule has 0 atom stereocenters. The Balaban J connectivity index is 1.39. The molecule has 5 heteroatoms. The van der Waals surface area contributed by atoms with Crippen LogP contribution in [0.4, 0.5) is 0 Å². The predicted octanol–water partition coefficient (Wildman–Crippen LogP) is 3.92. The van der Waals surface area contributed by atoms with E-state index in [1.54, 1.807) is 12.1 Å². The van der Waals surface area contributed by atoms with Gasteiger partial charge in [0.05, 0.1) is 10.6 Å². The number of rotatable bonds is 6. The van der Waals surface area contributed by atoms with E-state index >= 15 is 0 Å². The smallest absolute Gasteiger partial charge is 0.255 e. The van der Waals surface area contributed by atoms with E-state index in [4.69, 9.17) is 16.3 Å². The lowest BCUT2D eigenvalue weighted by Crippen LogP contribution is -2.45. The van der Waals surface area contributed by atoms with Gasteiger partial charge < -0.3 is 15.0 Å². The Bertz CT molecular complexity index is 742. The first-order chi connectivity index (χ1) is 12.6. The number of ether oxygens (including phenoxy) is 1. The molecule has 0 aromatic heterocycles. The predicted molar refractivity (Wildman–Crippen MR) is 105 cm³/mol. The highest BCUT2D eigenvalue weighted by molar-refractivity contribution is 6.33. The van der Waals surface area contributed by atoms with Gasteiger partial charge in [-0.3, -0.25) is 4.79 Å². The van der Waals surface area contributed by atoms with Gasteiger partial charge >= 0.3 is 0 Å². The molecule has 2 aromatic carbocycles.